The third-order valence-electron chi connectivity index (χ3n) is 4.08. The summed E-state index contributed by atoms with van der Waals surface area (Å²) >= 11 is 12.1. The molecule has 0 bridgehead atoms. The second-order valence-electron chi connectivity index (χ2n) is 6.04. The van der Waals surface area contributed by atoms with E-state index in [2.05, 4.69) is 10.3 Å². The minimum absolute atomic E-state index is 0.190. The van der Waals surface area contributed by atoms with Crippen molar-refractivity contribution in [2.24, 2.45) is 0 Å². The number of anilines is 1. The van der Waals surface area contributed by atoms with Crippen molar-refractivity contribution in [1.82, 2.24) is 9.38 Å². The molecule has 7 heteroatoms. The summed E-state index contributed by atoms with van der Waals surface area (Å²) in [4.78, 5) is 16.8. The largest absolute Gasteiger partial charge is 0.454 e. The maximum absolute atomic E-state index is 12.3. The van der Waals surface area contributed by atoms with Crippen LogP contribution in [0.2, 0.25) is 10.0 Å². The first-order valence-electron chi connectivity index (χ1n) is 8.53. The second-order valence-corrected chi connectivity index (χ2v) is 6.89. The fourth-order valence-electron chi connectivity index (χ4n) is 2.75. The fourth-order valence-corrected chi connectivity index (χ4v) is 3.08. The second kappa shape index (κ2) is 7.92. The molecule has 0 aliphatic rings. The predicted octanol–water partition coefficient (Wildman–Crippen LogP) is 5.41. The molecule has 0 amide bonds. The van der Waals surface area contributed by atoms with E-state index in [9.17, 15) is 4.79 Å². The van der Waals surface area contributed by atoms with Crippen molar-refractivity contribution in [3.63, 3.8) is 0 Å². The van der Waals surface area contributed by atoms with Crippen molar-refractivity contribution in [3.05, 3.63) is 99.0 Å². The molecule has 0 aliphatic heterocycles. The molecule has 0 unspecified atom stereocenters. The van der Waals surface area contributed by atoms with Gasteiger partial charge in [-0.2, -0.15) is 0 Å². The monoisotopic (exact) mass is 411 g/mol. The van der Waals surface area contributed by atoms with Crippen LogP contribution in [0.5, 0.6) is 11.5 Å². The highest BCUT2D eigenvalue weighted by molar-refractivity contribution is 6.32. The summed E-state index contributed by atoms with van der Waals surface area (Å²) in [7, 11) is 0. The van der Waals surface area contributed by atoms with Gasteiger partial charge in [-0.3, -0.25) is 9.20 Å². The molecule has 2 aromatic heterocycles. The van der Waals surface area contributed by atoms with Crippen LogP contribution in [0.15, 0.2) is 77.7 Å². The SMILES string of the molecule is O=c1cc(CNc2ccccc2Oc2ccccc2Cl)nc2ccc(Cl)cn12. The lowest BCUT2D eigenvalue weighted by atomic mass is 10.2. The summed E-state index contributed by atoms with van der Waals surface area (Å²) in [5.74, 6) is 1.19. The van der Waals surface area contributed by atoms with Gasteiger partial charge in [0.2, 0.25) is 0 Å². The van der Waals surface area contributed by atoms with Gasteiger partial charge in [0, 0.05) is 12.3 Å². The molecule has 0 saturated heterocycles. The summed E-state index contributed by atoms with van der Waals surface area (Å²) in [5.41, 5.74) is 1.72. The van der Waals surface area contributed by atoms with Gasteiger partial charge in [-0.15, -0.1) is 0 Å². The van der Waals surface area contributed by atoms with Crippen molar-refractivity contribution in [2.45, 2.75) is 6.54 Å². The molecule has 0 spiro atoms. The number of hydrogen-bond acceptors (Lipinski definition) is 4. The Morgan fingerprint density at radius 3 is 2.54 bits per heavy atom. The molecule has 0 radical (unpaired) electrons. The third-order valence-corrected chi connectivity index (χ3v) is 4.62. The topological polar surface area (TPSA) is 55.6 Å². The number of halogens is 2. The highest BCUT2D eigenvalue weighted by atomic mass is 35.5. The first-order valence-corrected chi connectivity index (χ1v) is 9.29. The van der Waals surface area contributed by atoms with Crippen LogP contribution in [0, 0.1) is 0 Å². The zero-order valence-corrected chi connectivity index (χ0v) is 16.1. The van der Waals surface area contributed by atoms with E-state index in [1.807, 2.05) is 36.4 Å². The van der Waals surface area contributed by atoms with Gasteiger partial charge in [0.15, 0.2) is 5.75 Å². The molecular weight excluding hydrogens is 397 g/mol. The summed E-state index contributed by atoms with van der Waals surface area (Å²) in [6.07, 6.45) is 1.55. The van der Waals surface area contributed by atoms with Crippen molar-refractivity contribution in [2.75, 3.05) is 5.32 Å². The van der Waals surface area contributed by atoms with Gasteiger partial charge in [-0.05, 0) is 36.4 Å². The smallest absolute Gasteiger partial charge is 0.258 e. The first kappa shape index (κ1) is 18.3. The molecule has 1 N–H and O–H groups in total. The number of rotatable bonds is 5. The average molecular weight is 412 g/mol. The van der Waals surface area contributed by atoms with Gasteiger partial charge in [0.25, 0.3) is 5.56 Å². The van der Waals surface area contributed by atoms with Crippen LogP contribution in [0.4, 0.5) is 5.69 Å². The number of para-hydroxylation sites is 3. The van der Waals surface area contributed by atoms with E-state index in [0.29, 0.717) is 39.4 Å². The number of benzene rings is 2. The van der Waals surface area contributed by atoms with E-state index < -0.39 is 0 Å². The Balaban J connectivity index is 1.57. The number of nitrogens with one attached hydrogen (secondary N) is 1. The van der Waals surface area contributed by atoms with Crippen LogP contribution in [-0.4, -0.2) is 9.38 Å². The van der Waals surface area contributed by atoms with Crippen LogP contribution < -0.4 is 15.6 Å². The Morgan fingerprint density at radius 1 is 0.964 bits per heavy atom. The van der Waals surface area contributed by atoms with Crippen LogP contribution in [-0.2, 0) is 6.54 Å². The van der Waals surface area contributed by atoms with E-state index in [-0.39, 0.29) is 5.56 Å². The molecule has 5 nitrogen and oxygen atoms in total. The molecule has 0 saturated carbocycles. The minimum atomic E-state index is -0.190. The summed E-state index contributed by atoms with van der Waals surface area (Å²) in [6.45, 7) is 0.358. The lowest BCUT2D eigenvalue weighted by Crippen LogP contribution is -2.16. The standard InChI is InChI=1S/C21H15Cl2N3O2/c22-14-9-10-20-25-15(11-21(27)26(20)13-14)12-24-17-6-2-4-8-19(17)28-18-7-3-1-5-16(18)23/h1-11,13,24H,12H2. The van der Waals surface area contributed by atoms with Crippen molar-refractivity contribution in [3.8, 4) is 11.5 Å². The van der Waals surface area contributed by atoms with Gasteiger partial charge in [-0.25, -0.2) is 4.98 Å². The van der Waals surface area contributed by atoms with Crippen LogP contribution in [0.1, 0.15) is 5.69 Å². The zero-order valence-electron chi connectivity index (χ0n) is 14.6. The van der Waals surface area contributed by atoms with E-state index in [1.165, 1.54) is 10.5 Å². The van der Waals surface area contributed by atoms with Gasteiger partial charge < -0.3 is 10.1 Å². The van der Waals surface area contributed by atoms with E-state index in [0.717, 1.165) is 5.69 Å². The van der Waals surface area contributed by atoms with Crippen molar-refractivity contribution < 1.29 is 4.74 Å². The highest BCUT2D eigenvalue weighted by Gasteiger charge is 2.08. The Hall–Kier alpha value is -3.02. The van der Waals surface area contributed by atoms with Gasteiger partial charge in [0.05, 0.1) is 28.0 Å². The van der Waals surface area contributed by atoms with E-state index >= 15 is 0 Å². The predicted molar refractivity (Wildman–Crippen MR) is 112 cm³/mol. The number of hydrogen-bond donors (Lipinski definition) is 1. The van der Waals surface area contributed by atoms with Gasteiger partial charge >= 0.3 is 0 Å². The molecule has 4 aromatic rings. The molecule has 2 heterocycles. The molecule has 140 valence electrons. The molecule has 2 aromatic carbocycles. The summed E-state index contributed by atoms with van der Waals surface area (Å²) < 4.78 is 7.36. The molecular formula is C21H15Cl2N3O2. The lowest BCUT2D eigenvalue weighted by molar-refractivity contribution is 0.484. The highest BCUT2D eigenvalue weighted by Crippen LogP contribution is 2.33. The molecule has 0 atom stereocenters. The van der Waals surface area contributed by atoms with E-state index in [1.54, 1.807) is 30.5 Å². The van der Waals surface area contributed by atoms with Crippen molar-refractivity contribution in [1.29, 1.82) is 0 Å². The number of ether oxygens (including phenoxy) is 1. The Kier molecular flexibility index (Phi) is 5.19. The fraction of sp³-hybridized carbons (Fsp3) is 0.0476. The van der Waals surface area contributed by atoms with Crippen LogP contribution >= 0.6 is 23.2 Å². The maximum atomic E-state index is 12.3. The maximum Gasteiger partial charge on any atom is 0.258 e. The zero-order chi connectivity index (χ0) is 19.5. The van der Waals surface area contributed by atoms with Crippen molar-refractivity contribution >= 4 is 34.5 Å². The van der Waals surface area contributed by atoms with Gasteiger partial charge in [-0.1, -0.05) is 47.5 Å². The average Bonchev–Trinajstić information content (AvgIpc) is 2.70. The van der Waals surface area contributed by atoms with Crippen LogP contribution in [0.3, 0.4) is 0 Å². The Labute approximate surface area is 171 Å². The Bertz CT molecular complexity index is 1210. The number of nitrogens with zero attached hydrogens (tertiary/aromatic N) is 2. The number of aromatic nitrogens is 2. The first-order chi connectivity index (χ1) is 13.6. The molecule has 0 aliphatic carbocycles. The lowest BCUT2D eigenvalue weighted by Gasteiger charge is -2.13. The minimum Gasteiger partial charge on any atom is -0.454 e. The van der Waals surface area contributed by atoms with E-state index in [4.69, 9.17) is 27.9 Å². The number of fused-ring (bicyclic) bond motifs is 1. The normalized spacial score (nSPS) is 10.8. The number of pyridine rings is 1. The Morgan fingerprint density at radius 2 is 1.71 bits per heavy atom. The summed E-state index contributed by atoms with van der Waals surface area (Å²) in [5, 5.41) is 4.28. The molecule has 0 fully saturated rings. The summed E-state index contributed by atoms with van der Waals surface area (Å²) in [6, 6.07) is 19.7. The van der Waals surface area contributed by atoms with Crippen LogP contribution in [0.25, 0.3) is 5.65 Å². The molecule has 28 heavy (non-hydrogen) atoms. The molecule has 4 rings (SSSR count). The van der Waals surface area contributed by atoms with Gasteiger partial charge in [0.1, 0.15) is 11.4 Å². The quantitative estimate of drug-likeness (QED) is 0.477. The third kappa shape index (κ3) is 3.96.